The molecule has 0 saturated carbocycles. The Morgan fingerprint density at radius 3 is 1.67 bits per heavy atom. The van der Waals surface area contributed by atoms with Crippen LogP contribution in [0.3, 0.4) is 0 Å². The fraction of sp³-hybridized carbons (Fsp3) is 0.595. The van der Waals surface area contributed by atoms with Crippen LogP contribution >= 0.6 is 0 Å². The summed E-state index contributed by atoms with van der Waals surface area (Å²) in [5.41, 5.74) is 0.773. The van der Waals surface area contributed by atoms with Gasteiger partial charge in [0.05, 0.1) is 17.4 Å². The van der Waals surface area contributed by atoms with Gasteiger partial charge in [0.25, 0.3) is 10.1 Å². The molecule has 0 aliphatic heterocycles. The average Bonchev–Trinajstić information content (AvgIpc) is 2.92. The molecule has 1 N–H and O–H groups in total. The van der Waals surface area contributed by atoms with Gasteiger partial charge in [-0.2, -0.15) is 8.42 Å². The van der Waals surface area contributed by atoms with Crippen LogP contribution in [0.5, 0.6) is 0 Å². The number of alkyl carbamates (subject to hydrolysis) is 1. The highest BCUT2D eigenvalue weighted by molar-refractivity contribution is 7.86. The van der Waals surface area contributed by atoms with E-state index in [2.05, 4.69) is 5.32 Å². The van der Waals surface area contributed by atoms with Crippen molar-refractivity contribution >= 4 is 28.1 Å². The first-order chi connectivity index (χ1) is 22.0. The molecular weight excluding hydrogens is 634 g/mol. The van der Waals surface area contributed by atoms with E-state index in [-0.39, 0.29) is 17.9 Å². The number of rotatable bonds is 15. The fourth-order valence-corrected chi connectivity index (χ4v) is 5.62. The van der Waals surface area contributed by atoms with Gasteiger partial charge in [-0.15, -0.1) is 0 Å². The first-order valence-electron chi connectivity index (χ1n) is 16.5. The Balaban J connectivity index is 2.02. The molecule has 2 aromatic rings. The molecule has 0 spiro atoms. The van der Waals surface area contributed by atoms with Crippen LogP contribution in [0.1, 0.15) is 105 Å². The monoisotopic (exact) mass is 689 g/mol. The molecule has 48 heavy (non-hydrogen) atoms. The fourth-order valence-electron chi connectivity index (χ4n) is 4.68. The molecule has 268 valence electrons. The van der Waals surface area contributed by atoms with Crippen molar-refractivity contribution in [2.24, 2.45) is 5.92 Å². The minimum Gasteiger partial charge on any atom is -0.460 e. The number of hydrogen-bond donors (Lipinski definition) is 1. The number of amides is 1. The number of nitrogens with one attached hydrogen (secondary N) is 1. The molecule has 0 saturated heterocycles. The molecule has 2 unspecified atom stereocenters. The Bertz CT molecular complexity index is 1450. The zero-order valence-electron chi connectivity index (χ0n) is 30.3. The molecule has 0 bridgehead atoms. The van der Waals surface area contributed by atoms with Gasteiger partial charge in [0, 0.05) is 0 Å². The van der Waals surface area contributed by atoms with Crippen LogP contribution in [0.4, 0.5) is 4.79 Å². The van der Waals surface area contributed by atoms with Gasteiger partial charge in [0.15, 0.2) is 0 Å². The molecule has 0 aromatic heterocycles. The van der Waals surface area contributed by atoms with Gasteiger partial charge in [-0.3, -0.25) is 8.98 Å². The molecule has 11 heteroatoms. The average molecular weight is 690 g/mol. The Hall–Kier alpha value is -3.44. The molecule has 2 rings (SSSR count). The lowest BCUT2D eigenvalue weighted by Crippen LogP contribution is -2.47. The van der Waals surface area contributed by atoms with Crippen molar-refractivity contribution in [2.45, 2.75) is 136 Å². The largest absolute Gasteiger partial charge is 0.460 e. The minimum absolute atomic E-state index is 0.0102. The van der Waals surface area contributed by atoms with Crippen molar-refractivity contribution in [2.75, 3.05) is 6.61 Å². The maximum absolute atomic E-state index is 13.3. The highest BCUT2D eigenvalue weighted by atomic mass is 32.2. The topological polar surface area (TPSA) is 134 Å². The predicted molar refractivity (Wildman–Crippen MR) is 185 cm³/mol. The van der Waals surface area contributed by atoms with Crippen LogP contribution in [0.25, 0.3) is 0 Å². The number of benzene rings is 2. The summed E-state index contributed by atoms with van der Waals surface area (Å²) in [6.45, 7) is 17.7. The van der Waals surface area contributed by atoms with Crippen LogP contribution in [0.15, 0.2) is 53.4 Å². The summed E-state index contributed by atoms with van der Waals surface area (Å²) in [7, 11) is -3.79. The van der Waals surface area contributed by atoms with Gasteiger partial charge < -0.3 is 19.5 Å². The number of carbonyl (C=O) groups is 3. The molecule has 1 amide bonds. The molecule has 0 heterocycles. The summed E-state index contributed by atoms with van der Waals surface area (Å²) in [4.78, 5) is 39.3. The lowest BCUT2D eigenvalue weighted by molar-refractivity contribution is -0.163. The van der Waals surface area contributed by atoms with Gasteiger partial charge in [0.2, 0.25) is 0 Å². The summed E-state index contributed by atoms with van der Waals surface area (Å²) in [5, 5.41) is 2.61. The van der Waals surface area contributed by atoms with Gasteiger partial charge in [-0.05, 0) is 131 Å². The van der Waals surface area contributed by atoms with Crippen molar-refractivity contribution < 1.29 is 41.2 Å². The predicted octanol–water partition coefficient (Wildman–Crippen LogP) is 7.24. The number of hydrogen-bond acceptors (Lipinski definition) is 9. The SMILES string of the molecule is Cc1ccc(S(=O)(=O)OCCCc2ccc(CCCC(CC(NC(=O)OC(C)(C)C)C(=O)OC(C)(C)C)C(=O)OC(C)(C)C)cc2)cc1. The highest BCUT2D eigenvalue weighted by Gasteiger charge is 2.34. The van der Waals surface area contributed by atoms with E-state index >= 15 is 0 Å². The molecule has 0 aliphatic carbocycles. The van der Waals surface area contributed by atoms with Crippen LogP contribution < -0.4 is 5.32 Å². The second-order valence-electron chi connectivity index (χ2n) is 15.1. The van der Waals surface area contributed by atoms with Gasteiger partial charge in [-0.25, -0.2) is 9.59 Å². The standard InChI is InChI=1S/C37H55NO9S/c1-26-16-22-30(23-17-26)48(42,43)44-24-12-14-28-20-18-27(19-21-28)13-11-15-29(32(39)45-35(2,3)4)25-31(33(40)46-36(5,6)7)38-34(41)47-37(8,9)10/h16-23,29,31H,11-15,24-25H2,1-10H3,(H,38,41). The first kappa shape index (κ1) is 40.7. The quantitative estimate of drug-likeness (QED) is 0.0889. The summed E-state index contributed by atoms with van der Waals surface area (Å²) in [6.07, 6.45) is 2.12. The molecular formula is C37H55NO9S. The molecule has 10 nitrogen and oxygen atoms in total. The minimum atomic E-state index is -3.79. The van der Waals surface area contributed by atoms with E-state index in [1.807, 2.05) is 31.2 Å². The van der Waals surface area contributed by atoms with E-state index in [1.54, 1.807) is 86.6 Å². The third kappa shape index (κ3) is 16.1. The summed E-state index contributed by atoms with van der Waals surface area (Å²) >= 11 is 0. The normalized spacial score (nSPS) is 13.7. The van der Waals surface area contributed by atoms with E-state index in [1.165, 1.54) is 0 Å². The number of carbonyl (C=O) groups excluding carboxylic acids is 3. The van der Waals surface area contributed by atoms with Gasteiger partial charge in [-0.1, -0.05) is 42.0 Å². The van der Waals surface area contributed by atoms with E-state index in [0.29, 0.717) is 32.1 Å². The Morgan fingerprint density at radius 1 is 0.688 bits per heavy atom. The molecule has 2 aromatic carbocycles. The Labute approximate surface area is 287 Å². The Kier molecular flexibility index (Phi) is 14.7. The molecule has 2 atom stereocenters. The van der Waals surface area contributed by atoms with Crippen LogP contribution in [-0.4, -0.2) is 55.9 Å². The third-order valence-corrected chi connectivity index (χ3v) is 8.17. The second kappa shape index (κ2) is 17.3. The summed E-state index contributed by atoms with van der Waals surface area (Å²) in [6, 6.07) is 13.5. The maximum atomic E-state index is 13.3. The van der Waals surface area contributed by atoms with Crippen molar-refractivity contribution in [3.63, 3.8) is 0 Å². The van der Waals surface area contributed by atoms with Crippen molar-refractivity contribution in [3.05, 3.63) is 65.2 Å². The lowest BCUT2D eigenvalue weighted by atomic mass is 9.92. The van der Waals surface area contributed by atoms with E-state index in [4.69, 9.17) is 18.4 Å². The molecule has 0 radical (unpaired) electrons. The lowest BCUT2D eigenvalue weighted by Gasteiger charge is -2.29. The zero-order chi connectivity index (χ0) is 36.3. The molecule has 0 aliphatic rings. The zero-order valence-corrected chi connectivity index (χ0v) is 31.1. The van der Waals surface area contributed by atoms with Crippen LogP contribution in [0, 0.1) is 12.8 Å². The third-order valence-electron chi connectivity index (χ3n) is 6.84. The number of ether oxygens (including phenoxy) is 3. The smallest absolute Gasteiger partial charge is 0.408 e. The van der Waals surface area contributed by atoms with Crippen LogP contribution in [0.2, 0.25) is 0 Å². The summed E-state index contributed by atoms with van der Waals surface area (Å²) in [5.74, 6) is -1.80. The van der Waals surface area contributed by atoms with Crippen molar-refractivity contribution in [1.82, 2.24) is 5.32 Å². The summed E-state index contributed by atoms with van der Waals surface area (Å²) < 4.78 is 46.7. The molecule has 0 fully saturated rings. The maximum Gasteiger partial charge on any atom is 0.408 e. The van der Waals surface area contributed by atoms with Gasteiger partial charge >= 0.3 is 18.0 Å². The van der Waals surface area contributed by atoms with E-state index < -0.39 is 56.9 Å². The van der Waals surface area contributed by atoms with Gasteiger partial charge in [0.1, 0.15) is 22.8 Å². The number of esters is 2. The number of aryl methyl sites for hydroxylation is 3. The van der Waals surface area contributed by atoms with Crippen LogP contribution in [-0.2, 0) is 50.9 Å². The second-order valence-corrected chi connectivity index (χ2v) is 16.7. The van der Waals surface area contributed by atoms with Crippen molar-refractivity contribution in [3.8, 4) is 0 Å². The van der Waals surface area contributed by atoms with E-state index in [0.717, 1.165) is 16.7 Å². The highest BCUT2D eigenvalue weighted by Crippen LogP contribution is 2.24. The van der Waals surface area contributed by atoms with E-state index in [9.17, 15) is 22.8 Å². The Morgan fingerprint density at radius 2 is 1.17 bits per heavy atom. The first-order valence-corrected chi connectivity index (χ1v) is 17.9. The van der Waals surface area contributed by atoms with Crippen molar-refractivity contribution in [1.29, 1.82) is 0 Å².